The Morgan fingerprint density at radius 1 is 0.955 bits per heavy atom. The number of fused-ring (bicyclic) bond motifs is 2. The van der Waals surface area contributed by atoms with Gasteiger partial charge in [-0.3, -0.25) is 19.3 Å². The van der Waals surface area contributed by atoms with Crippen molar-refractivity contribution < 1.29 is 33.7 Å². The molecule has 238 valence electrons. The molecule has 3 saturated heterocycles. The van der Waals surface area contributed by atoms with Crippen LogP contribution in [0.1, 0.15) is 27.2 Å². The first-order chi connectivity index (χ1) is 21.3. The third-order valence-corrected chi connectivity index (χ3v) is 9.95. The molecule has 5 aliphatic rings. The van der Waals surface area contributed by atoms with Crippen molar-refractivity contribution in [2.75, 3.05) is 70.6 Å². The van der Waals surface area contributed by atoms with E-state index in [9.17, 15) is 19.5 Å². The molecule has 6 atom stereocenters. The van der Waals surface area contributed by atoms with Gasteiger partial charge in [-0.1, -0.05) is 31.2 Å². The molecular weight excluding hydrogens is 564 g/mol. The van der Waals surface area contributed by atoms with E-state index in [-0.39, 0.29) is 24.3 Å². The summed E-state index contributed by atoms with van der Waals surface area (Å²) in [5.41, 5.74) is -1.73. The minimum absolute atomic E-state index is 0.220. The number of aliphatic hydroxyl groups is 1. The molecule has 44 heavy (non-hydrogen) atoms. The van der Waals surface area contributed by atoms with Crippen molar-refractivity contribution in [3.8, 4) is 5.75 Å². The Balaban J connectivity index is 1.38. The highest BCUT2D eigenvalue weighted by Gasteiger charge is 2.75. The summed E-state index contributed by atoms with van der Waals surface area (Å²) in [6.07, 6.45) is 8.09. The average Bonchev–Trinajstić information content (AvgIpc) is 3.34. The van der Waals surface area contributed by atoms with E-state index in [2.05, 4.69) is 4.90 Å². The Kier molecular flexibility index (Phi) is 8.58. The number of likely N-dealkylation sites (tertiary alicyclic amines) is 1. The van der Waals surface area contributed by atoms with Crippen molar-refractivity contribution in [3.05, 3.63) is 48.6 Å². The summed E-state index contributed by atoms with van der Waals surface area (Å²) in [6, 6.07) is 5.73. The molecule has 11 heteroatoms. The largest absolute Gasteiger partial charge is 0.494 e. The van der Waals surface area contributed by atoms with Gasteiger partial charge in [-0.05, 0) is 44.5 Å². The number of carbonyl (C=O) groups is 3. The smallest absolute Gasteiger partial charge is 0.249 e. The molecule has 0 aliphatic carbocycles. The van der Waals surface area contributed by atoms with E-state index < -0.39 is 35.1 Å². The highest BCUT2D eigenvalue weighted by molar-refractivity contribution is 6.04. The second-order valence-corrected chi connectivity index (χ2v) is 12.3. The Labute approximate surface area is 259 Å². The van der Waals surface area contributed by atoms with Gasteiger partial charge in [0.15, 0.2) is 0 Å². The summed E-state index contributed by atoms with van der Waals surface area (Å²) < 4.78 is 18.1. The van der Waals surface area contributed by atoms with Gasteiger partial charge < -0.3 is 34.0 Å². The molecule has 0 bridgehead atoms. The third kappa shape index (κ3) is 4.94. The minimum Gasteiger partial charge on any atom is -0.494 e. The highest BCUT2D eigenvalue weighted by Crippen LogP contribution is 2.59. The van der Waals surface area contributed by atoms with Crippen LogP contribution in [0.15, 0.2) is 48.6 Å². The SMILES string of the molecule is CCOc1ccc(N2CC=C[C@@]3(CC)O[C@]45C=CCN(CCN6CCOCC6)C(=O)C4N([C@H](C)CO)C(=O)[C@@H]5[C@H]3C2=O)cc1. The molecule has 3 amide bonds. The zero-order chi connectivity index (χ0) is 31.1. The van der Waals surface area contributed by atoms with Crippen LogP contribution in [0, 0.1) is 11.8 Å². The molecule has 11 nitrogen and oxygen atoms in total. The normalized spacial score (nSPS) is 32.8. The van der Waals surface area contributed by atoms with E-state index in [0.717, 1.165) is 13.1 Å². The number of ether oxygens (including phenoxy) is 3. The molecule has 1 unspecified atom stereocenters. The molecule has 0 radical (unpaired) electrons. The van der Waals surface area contributed by atoms with Crippen LogP contribution in [0.2, 0.25) is 0 Å². The van der Waals surface area contributed by atoms with Crippen LogP contribution in [-0.4, -0.2) is 127 Å². The summed E-state index contributed by atoms with van der Waals surface area (Å²) in [5, 5.41) is 10.2. The van der Waals surface area contributed by atoms with E-state index >= 15 is 0 Å². The first kappa shape index (κ1) is 30.8. The number of aliphatic hydroxyl groups excluding tert-OH is 1. The summed E-state index contributed by atoms with van der Waals surface area (Å²) >= 11 is 0. The monoisotopic (exact) mass is 608 g/mol. The molecule has 0 aromatic heterocycles. The van der Waals surface area contributed by atoms with Crippen LogP contribution in [0.3, 0.4) is 0 Å². The Hall–Kier alpha value is -3.25. The van der Waals surface area contributed by atoms with Crippen molar-refractivity contribution in [3.63, 3.8) is 0 Å². The summed E-state index contributed by atoms with van der Waals surface area (Å²) in [7, 11) is 0. The number of morpholine rings is 1. The van der Waals surface area contributed by atoms with E-state index in [1.807, 2.05) is 62.4 Å². The van der Waals surface area contributed by atoms with Gasteiger partial charge in [-0.15, -0.1) is 0 Å². The van der Waals surface area contributed by atoms with Gasteiger partial charge in [-0.2, -0.15) is 0 Å². The fourth-order valence-electron chi connectivity index (χ4n) is 7.72. The van der Waals surface area contributed by atoms with Gasteiger partial charge in [0, 0.05) is 45.0 Å². The number of hydrogen-bond donors (Lipinski definition) is 1. The lowest BCUT2D eigenvalue weighted by Crippen LogP contribution is -2.59. The topological polar surface area (TPSA) is 112 Å². The molecule has 1 aromatic carbocycles. The van der Waals surface area contributed by atoms with Crippen LogP contribution in [0.5, 0.6) is 5.75 Å². The van der Waals surface area contributed by atoms with Crippen molar-refractivity contribution in [1.82, 2.24) is 14.7 Å². The van der Waals surface area contributed by atoms with Gasteiger partial charge in [0.25, 0.3) is 0 Å². The number of rotatable bonds is 9. The van der Waals surface area contributed by atoms with Gasteiger partial charge in [0.1, 0.15) is 17.4 Å². The molecule has 6 rings (SSSR count). The zero-order valence-corrected chi connectivity index (χ0v) is 25.9. The fourth-order valence-corrected chi connectivity index (χ4v) is 7.72. The van der Waals surface area contributed by atoms with Gasteiger partial charge in [0.2, 0.25) is 17.7 Å². The first-order valence-corrected chi connectivity index (χ1v) is 15.9. The number of hydrogen-bond acceptors (Lipinski definition) is 8. The van der Waals surface area contributed by atoms with Gasteiger partial charge in [0.05, 0.1) is 49.9 Å². The zero-order valence-electron chi connectivity index (χ0n) is 25.9. The quantitative estimate of drug-likeness (QED) is 0.420. The average molecular weight is 609 g/mol. The van der Waals surface area contributed by atoms with Crippen LogP contribution in [-0.2, 0) is 23.9 Å². The standard InChI is InChI=1S/C33H44N4O7/c1-4-32-12-6-15-36(24-8-10-25(11-9-24)43-5-2)29(39)26(32)27-30(40)37(23(3)22-38)28-31(41)35(14-7-13-33(27,28)44-32)17-16-34-18-20-42-21-19-34/h6-13,23,26-28,38H,4-5,14-22H2,1-3H3/t23-,26+,27+,28?,32-,33+/m1/s1. The maximum atomic E-state index is 14.6. The number of amides is 3. The lowest BCUT2D eigenvalue weighted by Gasteiger charge is -2.40. The van der Waals surface area contributed by atoms with Crippen molar-refractivity contribution >= 4 is 23.4 Å². The Morgan fingerprint density at radius 3 is 2.36 bits per heavy atom. The minimum atomic E-state index is -1.35. The second kappa shape index (κ2) is 12.3. The van der Waals surface area contributed by atoms with E-state index in [1.54, 1.807) is 16.7 Å². The Morgan fingerprint density at radius 2 is 1.68 bits per heavy atom. The maximum Gasteiger partial charge on any atom is 0.249 e. The predicted octanol–water partition coefficient (Wildman–Crippen LogP) is 1.46. The third-order valence-electron chi connectivity index (χ3n) is 9.95. The summed E-state index contributed by atoms with van der Waals surface area (Å²) in [5.74, 6) is -1.85. The predicted molar refractivity (Wildman–Crippen MR) is 163 cm³/mol. The van der Waals surface area contributed by atoms with Crippen molar-refractivity contribution in [2.45, 2.75) is 50.5 Å². The summed E-state index contributed by atoms with van der Waals surface area (Å²) in [4.78, 5) is 50.9. The lowest BCUT2D eigenvalue weighted by atomic mass is 9.73. The Bertz CT molecular complexity index is 1310. The molecule has 5 aliphatic heterocycles. The number of carbonyl (C=O) groups excluding carboxylic acids is 3. The highest BCUT2D eigenvalue weighted by atomic mass is 16.5. The van der Waals surface area contributed by atoms with Crippen molar-refractivity contribution in [1.29, 1.82) is 0 Å². The molecule has 1 N–H and O–H groups in total. The number of anilines is 1. The molecule has 0 saturated carbocycles. The van der Waals surface area contributed by atoms with Crippen molar-refractivity contribution in [2.24, 2.45) is 11.8 Å². The maximum absolute atomic E-state index is 14.6. The molecule has 5 heterocycles. The fraction of sp³-hybridized carbons (Fsp3) is 0.606. The molecular formula is C33H44N4O7. The van der Waals surface area contributed by atoms with Gasteiger partial charge >= 0.3 is 0 Å². The van der Waals surface area contributed by atoms with E-state index in [4.69, 9.17) is 14.2 Å². The molecule has 1 spiro atoms. The molecule has 3 fully saturated rings. The van der Waals surface area contributed by atoms with Gasteiger partial charge in [-0.25, -0.2) is 0 Å². The van der Waals surface area contributed by atoms with Crippen LogP contribution >= 0.6 is 0 Å². The van der Waals surface area contributed by atoms with E-state index in [1.165, 1.54) is 4.90 Å². The van der Waals surface area contributed by atoms with E-state index in [0.29, 0.717) is 63.9 Å². The summed E-state index contributed by atoms with van der Waals surface area (Å²) in [6.45, 7) is 10.7. The molecule has 1 aromatic rings. The van der Waals surface area contributed by atoms with Crippen LogP contribution < -0.4 is 9.64 Å². The first-order valence-electron chi connectivity index (χ1n) is 15.9. The number of nitrogens with zero attached hydrogens (tertiary/aromatic N) is 4. The van der Waals surface area contributed by atoms with Crippen LogP contribution in [0.25, 0.3) is 0 Å². The second-order valence-electron chi connectivity index (χ2n) is 12.3. The number of benzene rings is 1. The van der Waals surface area contributed by atoms with Crippen LogP contribution in [0.4, 0.5) is 5.69 Å². The lowest BCUT2D eigenvalue weighted by molar-refractivity contribution is -0.155.